The average molecular weight is 359 g/mol. The molecule has 25 heavy (non-hydrogen) atoms. The third-order valence-corrected chi connectivity index (χ3v) is 5.19. The van der Waals surface area contributed by atoms with Gasteiger partial charge in [0, 0.05) is 18.8 Å². The summed E-state index contributed by atoms with van der Waals surface area (Å²) in [5.74, 6) is 0.0860. The van der Waals surface area contributed by atoms with E-state index in [1.54, 1.807) is 24.3 Å². The number of nitrogens with zero attached hydrogens (tertiary/aromatic N) is 2. The van der Waals surface area contributed by atoms with E-state index in [4.69, 9.17) is 10.00 Å². The summed E-state index contributed by atoms with van der Waals surface area (Å²) in [7, 11) is -1.06. The number of nitriles is 1. The first-order valence-corrected chi connectivity index (χ1v) is 8.71. The van der Waals surface area contributed by atoms with Crippen LogP contribution in [0, 0.1) is 11.3 Å². The van der Waals surface area contributed by atoms with Crippen LogP contribution in [0.5, 0.6) is 5.75 Å². The summed E-state index contributed by atoms with van der Waals surface area (Å²) in [4.78, 5) is 12.1. The van der Waals surface area contributed by atoms with Gasteiger partial charge in [0.2, 0.25) is 15.9 Å². The zero-order chi connectivity index (χ0) is 18.4. The molecule has 0 aliphatic heterocycles. The molecule has 2 rings (SSSR count). The number of rotatable bonds is 6. The number of likely N-dealkylation sites (N-methyl/N-ethyl adjacent to an activating group) is 1. The van der Waals surface area contributed by atoms with Crippen molar-refractivity contribution in [2.45, 2.75) is 4.90 Å². The molecule has 0 spiro atoms. The first kappa shape index (κ1) is 18.4. The van der Waals surface area contributed by atoms with Gasteiger partial charge in [-0.05, 0) is 30.3 Å². The Morgan fingerprint density at radius 3 is 2.64 bits per heavy atom. The summed E-state index contributed by atoms with van der Waals surface area (Å²) in [6.07, 6.45) is 0. The topological polar surface area (TPSA) is 99.5 Å². The van der Waals surface area contributed by atoms with Crippen LogP contribution in [-0.4, -0.2) is 39.3 Å². The minimum atomic E-state index is -3.88. The summed E-state index contributed by atoms with van der Waals surface area (Å²) in [5, 5.41) is 11.5. The van der Waals surface area contributed by atoms with Gasteiger partial charge < -0.3 is 10.1 Å². The molecule has 0 saturated carbocycles. The smallest absolute Gasteiger partial charge is 0.243 e. The first-order chi connectivity index (χ1) is 11.9. The van der Waals surface area contributed by atoms with Crippen molar-refractivity contribution in [3.63, 3.8) is 0 Å². The zero-order valence-electron chi connectivity index (χ0n) is 13.8. The van der Waals surface area contributed by atoms with Crippen molar-refractivity contribution in [1.29, 1.82) is 5.26 Å². The normalized spacial score (nSPS) is 11.0. The second-order valence-electron chi connectivity index (χ2n) is 5.18. The van der Waals surface area contributed by atoms with Crippen molar-refractivity contribution in [2.24, 2.45) is 0 Å². The van der Waals surface area contributed by atoms with Gasteiger partial charge in [-0.25, -0.2) is 8.42 Å². The Hall–Kier alpha value is -2.89. The van der Waals surface area contributed by atoms with Crippen LogP contribution in [0.1, 0.15) is 5.56 Å². The summed E-state index contributed by atoms with van der Waals surface area (Å²) >= 11 is 0. The highest BCUT2D eigenvalue weighted by molar-refractivity contribution is 7.89. The Morgan fingerprint density at radius 2 is 1.96 bits per heavy atom. The predicted octanol–water partition coefficient (Wildman–Crippen LogP) is 1.83. The molecule has 0 unspecified atom stereocenters. The van der Waals surface area contributed by atoms with Crippen molar-refractivity contribution >= 4 is 21.6 Å². The van der Waals surface area contributed by atoms with Gasteiger partial charge in [0.25, 0.3) is 0 Å². The van der Waals surface area contributed by atoms with Crippen LogP contribution in [0.4, 0.5) is 5.69 Å². The van der Waals surface area contributed by atoms with Gasteiger partial charge in [0.05, 0.1) is 30.2 Å². The van der Waals surface area contributed by atoms with Crippen LogP contribution in [-0.2, 0) is 14.8 Å². The Kier molecular flexibility index (Phi) is 5.75. The Balaban J connectivity index is 2.10. The molecule has 1 amide bonds. The second kappa shape index (κ2) is 7.79. The van der Waals surface area contributed by atoms with Gasteiger partial charge in [-0.2, -0.15) is 9.57 Å². The van der Waals surface area contributed by atoms with Gasteiger partial charge in [-0.1, -0.05) is 12.1 Å². The van der Waals surface area contributed by atoms with Gasteiger partial charge in [0.15, 0.2) is 0 Å². The summed E-state index contributed by atoms with van der Waals surface area (Å²) in [6.45, 7) is -0.365. The Labute approximate surface area is 146 Å². The predicted molar refractivity (Wildman–Crippen MR) is 92.6 cm³/mol. The third kappa shape index (κ3) is 4.56. The van der Waals surface area contributed by atoms with Crippen molar-refractivity contribution in [3.05, 3.63) is 54.1 Å². The van der Waals surface area contributed by atoms with Crippen LogP contribution >= 0.6 is 0 Å². The largest absolute Gasteiger partial charge is 0.497 e. The minimum Gasteiger partial charge on any atom is -0.497 e. The van der Waals surface area contributed by atoms with Crippen molar-refractivity contribution in [1.82, 2.24) is 4.31 Å². The van der Waals surface area contributed by atoms with E-state index < -0.39 is 15.9 Å². The average Bonchev–Trinajstić information content (AvgIpc) is 2.61. The number of hydrogen-bond acceptors (Lipinski definition) is 5. The van der Waals surface area contributed by atoms with E-state index in [1.165, 1.54) is 38.4 Å². The number of sulfonamides is 1. The molecule has 0 aliphatic carbocycles. The molecule has 1 N–H and O–H groups in total. The highest BCUT2D eigenvalue weighted by Crippen LogP contribution is 2.18. The van der Waals surface area contributed by atoms with Crippen LogP contribution in [0.15, 0.2) is 53.4 Å². The van der Waals surface area contributed by atoms with Gasteiger partial charge in [-0.15, -0.1) is 0 Å². The molecular weight excluding hydrogens is 342 g/mol. The zero-order valence-corrected chi connectivity index (χ0v) is 14.6. The molecule has 2 aromatic rings. The van der Waals surface area contributed by atoms with Crippen LogP contribution in [0.25, 0.3) is 0 Å². The van der Waals surface area contributed by atoms with E-state index in [1.807, 2.05) is 6.07 Å². The first-order valence-electron chi connectivity index (χ1n) is 7.27. The fourth-order valence-electron chi connectivity index (χ4n) is 2.09. The number of nitrogens with one attached hydrogen (secondary N) is 1. The molecule has 7 nitrogen and oxygen atoms in total. The highest BCUT2D eigenvalue weighted by atomic mass is 32.2. The molecule has 0 fully saturated rings. The lowest BCUT2D eigenvalue weighted by molar-refractivity contribution is -0.116. The van der Waals surface area contributed by atoms with E-state index >= 15 is 0 Å². The Bertz CT molecular complexity index is 919. The van der Waals surface area contributed by atoms with E-state index in [0.717, 1.165) is 4.31 Å². The number of anilines is 1. The quantitative estimate of drug-likeness (QED) is 0.848. The SMILES string of the molecule is COc1cccc(NC(=O)CN(C)S(=O)(=O)c2cccc(C#N)c2)c1. The number of methoxy groups -OCH3 is 1. The highest BCUT2D eigenvalue weighted by Gasteiger charge is 2.23. The molecule has 8 heteroatoms. The van der Waals surface area contributed by atoms with Crippen molar-refractivity contribution in [3.8, 4) is 11.8 Å². The summed E-state index contributed by atoms with van der Waals surface area (Å²) < 4.78 is 31.0. The molecule has 0 atom stereocenters. The maximum absolute atomic E-state index is 12.5. The molecule has 0 heterocycles. The Morgan fingerprint density at radius 1 is 1.24 bits per heavy atom. The lowest BCUT2D eigenvalue weighted by Gasteiger charge is -2.17. The number of carbonyl (C=O) groups excluding carboxylic acids is 1. The molecule has 0 radical (unpaired) electrons. The number of ether oxygens (including phenoxy) is 1. The number of amides is 1. The lowest BCUT2D eigenvalue weighted by Crippen LogP contribution is -2.35. The maximum Gasteiger partial charge on any atom is 0.243 e. The fourth-order valence-corrected chi connectivity index (χ4v) is 3.27. The molecule has 0 bridgehead atoms. The van der Waals surface area contributed by atoms with Crippen LogP contribution < -0.4 is 10.1 Å². The van der Waals surface area contributed by atoms with Gasteiger partial charge in [0.1, 0.15) is 5.75 Å². The number of carbonyl (C=O) groups is 1. The molecular formula is C17H17N3O4S. The molecule has 130 valence electrons. The maximum atomic E-state index is 12.5. The summed E-state index contributed by atoms with van der Waals surface area (Å²) in [5.41, 5.74) is 0.733. The number of benzene rings is 2. The third-order valence-electron chi connectivity index (χ3n) is 3.39. The molecule has 0 aliphatic rings. The van der Waals surface area contributed by atoms with Gasteiger partial charge >= 0.3 is 0 Å². The van der Waals surface area contributed by atoms with Crippen molar-refractivity contribution in [2.75, 3.05) is 26.0 Å². The standard InChI is InChI=1S/C17H17N3O4S/c1-20(25(22,23)16-8-3-5-13(9-16)11-18)12-17(21)19-14-6-4-7-15(10-14)24-2/h3-10H,12H2,1-2H3,(H,19,21). The molecule has 2 aromatic carbocycles. The van der Waals surface area contributed by atoms with Crippen LogP contribution in [0.2, 0.25) is 0 Å². The van der Waals surface area contributed by atoms with Crippen LogP contribution in [0.3, 0.4) is 0 Å². The van der Waals surface area contributed by atoms with E-state index in [2.05, 4.69) is 5.32 Å². The van der Waals surface area contributed by atoms with E-state index in [0.29, 0.717) is 11.4 Å². The van der Waals surface area contributed by atoms with Crippen molar-refractivity contribution < 1.29 is 17.9 Å². The van der Waals surface area contributed by atoms with E-state index in [9.17, 15) is 13.2 Å². The monoisotopic (exact) mass is 359 g/mol. The number of hydrogen-bond donors (Lipinski definition) is 1. The van der Waals surface area contributed by atoms with E-state index in [-0.39, 0.29) is 17.0 Å². The molecule has 0 aromatic heterocycles. The summed E-state index contributed by atoms with van der Waals surface area (Å²) in [6, 6.07) is 14.3. The second-order valence-corrected chi connectivity index (χ2v) is 7.23. The lowest BCUT2D eigenvalue weighted by atomic mass is 10.2. The molecule has 0 saturated heterocycles. The van der Waals surface area contributed by atoms with Gasteiger partial charge in [-0.3, -0.25) is 4.79 Å². The minimum absolute atomic E-state index is 0.0387. The fraction of sp³-hybridized carbons (Fsp3) is 0.176.